The van der Waals surface area contributed by atoms with E-state index in [1.54, 1.807) is 24.3 Å². The fraction of sp³-hybridized carbons (Fsp3) is 0.409. The number of hydrogen-bond donors (Lipinski definition) is 1. The molecule has 0 atom stereocenters. The number of hydrogen-bond acceptors (Lipinski definition) is 3. The van der Waals surface area contributed by atoms with Gasteiger partial charge in [0.15, 0.2) is 9.84 Å². The van der Waals surface area contributed by atoms with Crippen LogP contribution in [0, 0.1) is 0 Å². The first-order valence-corrected chi connectivity index (χ1v) is 11.0. The molecule has 27 heavy (non-hydrogen) atoms. The molecule has 2 aromatic carbocycles. The number of amides is 1. The van der Waals surface area contributed by atoms with E-state index >= 15 is 0 Å². The van der Waals surface area contributed by atoms with Crippen molar-refractivity contribution in [3.05, 3.63) is 59.7 Å². The van der Waals surface area contributed by atoms with Crippen molar-refractivity contribution >= 4 is 21.4 Å². The number of carbonyl (C=O) groups excluding carboxylic acids is 1. The van der Waals surface area contributed by atoms with Crippen molar-refractivity contribution < 1.29 is 13.2 Å². The molecular weight excluding hydrogens is 358 g/mol. The minimum atomic E-state index is -3.27. The molecule has 144 valence electrons. The lowest BCUT2D eigenvalue weighted by atomic mass is 9.87. The monoisotopic (exact) mass is 385 g/mol. The normalized spacial score (nSPS) is 15.7. The van der Waals surface area contributed by atoms with E-state index in [1.165, 1.54) is 5.56 Å². The minimum absolute atomic E-state index is 0.0373. The Morgan fingerprint density at radius 3 is 2.00 bits per heavy atom. The number of anilines is 1. The smallest absolute Gasteiger partial charge is 0.255 e. The van der Waals surface area contributed by atoms with Crippen LogP contribution in [-0.4, -0.2) is 19.6 Å². The summed E-state index contributed by atoms with van der Waals surface area (Å²) in [6, 6.07) is 14.0. The van der Waals surface area contributed by atoms with Gasteiger partial charge in [0.2, 0.25) is 0 Å². The van der Waals surface area contributed by atoms with Gasteiger partial charge in [-0.25, -0.2) is 8.42 Å². The van der Waals surface area contributed by atoms with Crippen LogP contribution in [-0.2, 0) is 15.3 Å². The standard InChI is InChI=1S/C22H27NO3S/c1-22(2,3)17-10-8-16(9-11-17)21(24)23-18-12-14-20(15-13-18)27(25,26)19-6-4-5-7-19/h8-15,19H,4-7H2,1-3H3,(H,23,24). The van der Waals surface area contributed by atoms with Crippen LogP contribution in [0.2, 0.25) is 0 Å². The molecule has 0 bridgehead atoms. The molecule has 1 aliphatic rings. The average molecular weight is 386 g/mol. The molecule has 2 aromatic rings. The summed E-state index contributed by atoms with van der Waals surface area (Å²) in [5.41, 5.74) is 2.37. The summed E-state index contributed by atoms with van der Waals surface area (Å²) < 4.78 is 25.2. The SMILES string of the molecule is CC(C)(C)c1ccc(C(=O)Nc2ccc(S(=O)(=O)C3CCCC3)cc2)cc1. The second-order valence-electron chi connectivity index (χ2n) is 8.26. The van der Waals surface area contributed by atoms with Crippen LogP contribution < -0.4 is 5.32 Å². The minimum Gasteiger partial charge on any atom is -0.322 e. The molecule has 4 nitrogen and oxygen atoms in total. The van der Waals surface area contributed by atoms with Crippen LogP contribution in [0.1, 0.15) is 62.4 Å². The number of nitrogens with one attached hydrogen (secondary N) is 1. The van der Waals surface area contributed by atoms with Gasteiger partial charge in [-0.1, -0.05) is 45.7 Å². The van der Waals surface area contributed by atoms with E-state index in [4.69, 9.17) is 0 Å². The van der Waals surface area contributed by atoms with E-state index < -0.39 is 9.84 Å². The van der Waals surface area contributed by atoms with Gasteiger partial charge in [-0.3, -0.25) is 4.79 Å². The van der Waals surface area contributed by atoms with Gasteiger partial charge in [0.25, 0.3) is 5.91 Å². The first kappa shape index (κ1) is 19.6. The van der Waals surface area contributed by atoms with E-state index in [9.17, 15) is 13.2 Å². The van der Waals surface area contributed by atoms with Gasteiger partial charge in [-0.2, -0.15) is 0 Å². The van der Waals surface area contributed by atoms with Crippen molar-refractivity contribution in [2.24, 2.45) is 0 Å². The molecule has 1 amide bonds. The summed E-state index contributed by atoms with van der Waals surface area (Å²) in [6.45, 7) is 6.38. The fourth-order valence-corrected chi connectivity index (χ4v) is 5.30. The van der Waals surface area contributed by atoms with Gasteiger partial charge in [0.1, 0.15) is 0 Å². The second-order valence-corrected chi connectivity index (χ2v) is 10.5. The molecule has 0 aromatic heterocycles. The first-order chi connectivity index (χ1) is 12.7. The maximum Gasteiger partial charge on any atom is 0.255 e. The third kappa shape index (κ3) is 4.41. The molecule has 1 N–H and O–H groups in total. The van der Waals surface area contributed by atoms with Gasteiger partial charge in [0, 0.05) is 11.3 Å². The van der Waals surface area contributed by atoms with Crippen molar-refractivity contribution in [3.63, 3.8) is 0 Å². The summed E-state index contributed by atoms with van der Waals surface area (Å²) in [5, 5.41) is 2.57. The lowest BCUT2D eigenvalue weighted by Gasteiger charge is -2.19. The molecule has 0 saturated heterocycles. The van der Waals surface area contributed by atoms with Crippen molar-refractivity contribution in [2.75, 3.05) is 5.32 Å². The molecule has 1 aliphatic carbocycles. The molecular formula is C22H27NO3S. The van der Waals surface area contributed by atoms with E-state index in [0.29, 0.717) is 16.1 Å². The number of sulfone groups is 1. The van der Waals surface area contributed by atoms with Gasteiger partial charge in [-0.05, 0) is 60.2 Å². The number of rotatable bonds is 4. The second kappa shape index (κ2) is 7.47. The molecule has 0 heterocycles. The van der Waals surface area contributed by atoms with Crippen molar-refractivity contribution in [2.45, 2.75) is 62.0 Å². The first-order valence-electron chi connectivity index (χ1n) is 9.44. The Bertz CT molecular complexity index is 902. The molecule has 1 fully saturated rings. The van der Waals surface area contributed by atoms with Gasteiger partial charge in [-0.15, -0.1) is 0 Å². The van der Waals surface area contributed by atoms with Crippen molar-refractivity contribution in [1.82, 2.24) is 0 Å². The largest absolute Gasteiger partial charge is 0.322 e. The highest BCUT2D eigenvalue weighted by Gasteiger charge is 2.30. The quantitative estimate of drug-likeness (QED) is 0.810. The van der Waals surface area contributed by atoms with E-state index in [-0.39, 0.29) is 16.6 Å². The summed E-state index contributed by atoms with van der Waals surface area (Å²) >= 11 is 0. The highest BCUT2D eigenvalue weighted by atomic mass is 32.2. The third-order valence-corrected chi connectivity index (χ3v) is 7.47. The molecule has 0 radical (unpaired) electrons. The summed E-state index contributed by atoms with van der Waals surface area (Å²) in [5.74, 6) is -0.207. The number of carbonyl (C=O) groups is 1. The number of benzene rings is 2. The molecule has 0 unspecified atom stereocenters. The highest BCUT2D eigenvalue weighted by molar-refractivity contribution is 7.92. The van der Waals surface area contributed by atoms with Crippen molar-refractivity contribution in [1.29, 1.82) is 0 Å². The lowest BCUT2D eigenvalue weighted by molar-refractivity contribution is 0.102. The van der Waals surface area contributed by atoms with Gasteiger partial charge in [0.05, 0.1) is 10.1 Å². The zero-order chi connectivity index (χ0) is 19.7. The van der Waals surface area contributed by atoms with Crippen LogP contribution >= 0.6 is 0 Å². The molecule has 3 rings (SSSR count). The van der Waals surface area contributed by atoms with E-state index in [0.717, 1.165) is 25.7 Å². The summed E-state index contributed by atoms with van der Waals surface area (Å²) in [6.07, 6.45) is 3.44. The van der Waals surface area contributed by atoms with Crippen LogP contribution in [0.15, 0.2) is 53.4 Å². The van der Waals surface area contributed by atoms with Gasteiger partial charge < -0.3 is 5.32 Å². The summed E-state index contributed by atoms with van der Waals surface area (Å²) in [4.78, 5) is 12.8. The predicted octanol–water partition coefficient (Wildman–Crippen LogP) is 4.95. The molecule has 0 aliphatic heterocycles. The maximum atomic E-state index is 12.6. The average Bonchev–Trinajstić information content (AvgIpc) is 3.17. The van der Waals surface area contributed by atoms with Crippen LogP contribution in [0.4, 0.5) is 5.69 Å². The maximum absolute atomic E-state index is 12.6. The molecule has 1 saturated carbocycles. The van der Waals surface area contributed by atoms with Gasteiger partial charge >= 0.3 is 0 Å². The van der Waals surface area contributed by atoms with Crippen LogP contribution in [0.3, 0.4) is 0 Å². The summed E-state index contributed by atoms with van der Waals surface area (Å²) in [7, 11) is -3.27. The third-order valence-electron chi connectivity index (χ3n) is 5.19. The van der Waals surface area contributed by atoms with Crippen LogP contribution in [0.25, 0.3) is 0 Å². The molecule has 0 spiro atoms. The lowest BCUT2D eigenvalue weighted by Crippen LogP contribution is -2.18. The van der Waals surface area contributed by atoms with E-state index in [2.05, 4.69) is 26.1 Å². The Morgan fingerprint density at radius 2 is 1.48 bits per heavy atom. The van der Waals surface area contributed by atoms with Crippen LogP contribution in [0.5, 0.6) is 0 Å². The Kier molecular flexibility index (Phi) is 5.43. The van der Waals surface area contributed by atoms with Crippen molar-refractivity contribution in [3.8, 4) is 0 Å². The zero-order valence-electron chi connectivity index (χ0n) is 16.2. The van der Waals surface area contributed by atoms with E-state index in [1.807, 2.05) is 24.3 Å². The zero-order valence-corrected chi connectivity index (χ0v) is 17.0. The Morgan fingerprint density at radius 1 is 0.926 bits per heavy atom. The predicted molar refractivity (Wildman–Crippen MR) is 109 cm³/mol. The highest BCUT2D eigenvalue weighted by Crippen LogP contribution is 2.30. The fourth-order valence-electron chi connectivity index (χ4n) is 3.44. The Balaban J connectivity index is 1.70. The molecule has 5 heteroatoms. The Hall–Kier alpha value is -2.14. The Labute approximate surface area is 161 Å². The topological polar surface area (TPSA) is 63.2 Å².